The first-order valence-corrected chi connectivity index (χ1v) is 6.01. The van der Waals surface area contributed by atoms with Crippen LogP contribution in [0.5, 0.6) is 0 Å². The third-order valence-corrected chi connectivity index (χ3v) is 3.30. The molecule has 0 amide bonds. The summed E-state index contributed by atoms with van der Waals surface area (Å²) < 4.78 is 50.7. The smallest absolute Gasteiger partial charge is 0.211 e. The Labute approximate surface area is 92.8 Å². The highest BCUT2D eigenvalue weighted by Crippen LogP contribution is 2.13. The molecule has 1 N–H and O–H groups in total. The average molecular weight is 247 g/mol. The van der Waals surface area contributed by atoms with Crippen molar-refractivity contribution < 1.29 is 17.2 Å². The molecule has 0 saturated carbocycles. The molecule has 0 saturated heterocycles. The highest BCUT2D eigenvalue weighted by molar-refractivity contribution is 7.89. The molecule has 0 atom stereocenters. The standard InChI is InChI=1S/C10H11F2NO2S/c1-2-3-6-13-16(14,15)8-4-5-9(11)10(12)7-8/h2,4-5,7,13H,1,3,6H2. The number of rotatable bonds is 5. The average Bonchev–Trinajstić information content (AvgIpc) is 2.22. The Morgan fingerprint density at radius 1 is 1.31 bits per heavy atom. The molecular formula is C10H11F2NO2S. The van der Waals surface area contributed by atoms with Gasteiger partial charge < -0.3 is 0 Å². The Morgan fingerprint density at radius 2 is 2.00 bits per heavy atom. The Hall–Kier alpha value is -1.27. The second-order valence-electron chi connectivity index (χ2n) is 3.05. The highest BCUT2D eigenvalue weighted by Gasteiger charge is 2.15. The fourth-order valence-electron chi connectivity index (χ4n) is 1.02. The maximum atomic E-state index is 12.8. The van der Waals surface area contributed by atoms with Crippen LogP contribution in [0.15, 0.2) is 35.7 Å². The van der Waals surface area contributed by atoms with Gasteiger partial charge in [0.2, 0.25) is 10.0 Å². The summed E-state index contributed by atoms with van der Waals surface area (Å²) in [6, 6.07) is 2.43. The summed E-state index contributed by atoms with van der Waals surface area (Å²) in [5.41, 5.74) is 0. The van der Waals surface area contributed by atoms with Crippen LogP contribution in [0.4, 0.5) is 8.78 Å². The maximum Gasteiger partial charge on any atom is 0.240 e. The van der Waals surface area contributed by atoms with E-state index >= 15 is 0 Å². The number of nitrogens with one attached hydrogen (secondary N) is 1. The van der Waals surface area contributed by atoms with Crippen LogP contribution in [0.3, 0.4) is 0 Å². The van der Waals surface area contributed by atoms with Gasteiger partial charge >= 0.3 is 0 Å². The van der Waals surface area contributed by atoms with Crippen molar-refractivity contribution in [3.05, 3.63) is 42.5 Å². The van der Waals surface area contributed by atoms with Crippen molar-refractivity contribution >= 4 is 10.0 Å². The maximum absolute atomic E-state index is 12.8. The van der Waals surface area contributed by atoms with Crippen molar-refractivity contribution in [2.45, 2.75) is 11.3 Å². The molecule has 0 aromatic heterocycles. The van der Waals surface area contributed by atoms with Gasteiger partial charge in [-0.2, -0.15) is 0 Å². The Kier molecular flexibility index (Phi) is 4.14. The van der Waals surface area contributed by atoms with Crippen LogP contribution in [-0.4, -0.2) is 15.0 Å². The topological polar surface area (TPSA) is 46.2 Å². The second-order valence-corrected chi connectivity index (χ2v) is 4.82. The van der Waals surface area contributed by atoms with E-state index in [0.717, 1.165) is 12.1 Å². The molecule has 6 heteroatoms. The van der Waals surface area contributed by atoms with Crippen LogP contribution >= 0.6 is 0 Å². The van der Waals surface area contributed by atoms with E-state index in [1.165, 1.54) is 0 Å². The van der Waals surface area contributed by atoms with E-state index in [9.17, 15) is 17.2 Å². The number of hydrogen-bond donors (Lipinski definition) is 1. The van der Waals surface area contributed by atoms with E-state index in [1.54, 1.807) is 6.08 Å². The molecule has 1 aromatic carbocycles. The van der Waals surface area contributed by atoms with Crippen LogP contribution < -0.4 is 4.72 Å². The molecule has 1 rings (SSSR count). The predicted octanol–water partition coefficient (Wildman–Crippen LogP) is 1.82. The molecule has 88 valence electrons. The molecule has 0 spiro atoms. The lowest BCUT2D eigenvalue weighted by atomic mass is 10.3. The molecule has 3 nitrogen and oxygen atoms in total. The van der Waals surface area contributed by atoms with Gasteiger partial charge in [-0.05, 0) is 24.6 Å². The van der Waals surface area contributed by atoms with Crippen LogP contribution in [-0.2, 0) is 10.0 Å². The zero-order valence-electron chi connectivity index (χ0n) is 8.41. The molecule has 0 heterocycles. The SMILES string of the molecule is C=CCCNS(=O)(=O)c1ccc(F)c(F)c1. The Morgan fingerprint density at radius 3 is 2.56 bits per heavy atom. The van der Waals surface area contributed by atoms with Gasteiger partial charge in [-0.15, -0.1) is 6.58 Å². The van der Waals surface area contributed by atoms with Gasteiger partial charge in [0.1, 0.15) is 0 Å². The zero-order valence-corrected chi connectivity index (χ0v) is 9.23. The van der Waals surface area contributed by atoms with Gasteiger partial charge in [-0.3, -0.25) is 0 Å². The summed E-state index contributed by atoms with van der Waals surface area (Å²) in [7, 11) is -3.78. The first kappa shape index (κ1) is 12.8. The third kappa shape index (κ3) is 3.11. The first-order chi connectivity index (χ1) is 7.47. The fourth-order valence-corrected chi connectivity index (χ4v) is 2.08. The minimum Gasteiger partial charge on any atom is -0.211 e. The minimum absolute atomic E-state index is 0.171. The summed E-state index contributed by atoms with van der Waals surface area (Å²) in [5, 5.41) is 0. The number of halogens is 2. The molecule has 0 aliphatic heterocycles. The van der Waals surface area contributed by atoms with E-state index in [0.29, 0.717) is 12.5 Å². The largest absolute Gasteiger partial charge is 0.240 e. The summed E-state index contributed by atoms with van der Waals surface area (Å²) in [6.07, 6.45) is 2.01. The number of sulfonamides is 1. The van der Waals surface area contributed by atoms with Gasteiger partial charge in [0.05, 0.1) is 4.90 Å². The first-order valence-electron chi connectivity index (χ1n) is 4.53. The fraction of sp³-hybridized carbons (Fsp3) is 0.200. The summed E-state index contributed by atoms with van der Waals surface area (Å²) in [6.45, 7) is 3.61. The molecule has 0 bridgehead atoms. The lowest BCUT2D eigenvalue weighted by Gasteiger charge is -2.05. The molecular weight excluding hydrogens is 236 g/mol. The summed E-state index contributed by atoms with van der Waals surface area (Å²) in [5.74, 6) is -2.27. The number of hydrogen-bond acceptors (Lipinski definition) is 2. The normalized spacial score (nSPS) is 11.4. The van der Waals surface area contributed by atoms with E-state index in [4.69, 9.17) is 0 Å². The minimum atomic E-state index is -3.78. The van der Waals surface area contributed by atoms with Gasteiger partial charge in [-0.25, -0.2) is 21.9 Å². The van der Waals surface area contributed by atoms with Crippen molar-refractivity contribution in [3.8, 4) is 0 Å². The summed E-state index contributed by atoms with van der Waals surface area (Å²) >= 11 is 0. The van der Waals surface area contributed by atoms with E-state index in [-0.39, 0.29) is 11.4 Å². The molecule has 1 aromatic rings. The van der Waals surface area contributed by atoms with Crippen molar-refractivity contribution in [1.29, 1.82) is 0 Å². The van der Waals surface area contributed by atoms with Gasteiger partial charge in [0, 0.05) is 6.54 Å². The zero-order chi connectivity index (χ0) is 12.2. The monoisotopic (exact) mass is 247 g/mol. The highest BCUT2D eigenvalue weighted by atomic mass is 32.2. The van der Waals surface area contributed by atoms with Gasteiger partial charge in [0.25, 0.3) is 0 Å². The number of benzene rings is 1. The van der Waals surface area contributed by atoms with Crippen LogP contribution in [0, 0.1) is 11.6 Å². The Balaban J connectivity index is 2.90. The van der Waals surface area contributed by atoms with E-state index in [2.05, 4.69) is 11.3 Å². The van der Waals surface area contributed by atoms with Crippen LogP contribution in [0.1, 0.15) is 6.42 Å². The van der Waals surface area contributed by atoms with Gasteiger partial charge in [-0.1, -0.05) is 6.08 Å². The Bertz CT molecular complexity index is 486. The third-order valence-electron chi connectivity index (χ3n) is 1.84. The molecule has 0 fully saturated rings. The summed E-state index contributed by atoms with van der Waals surface area (Å²) in [4.78, 5) is -0.296. The van der Waals surface area contributed by atoms with Gasteiger partial charge in [0.15, 0.2) is 11.6 Å². The lowest BCUT2D eigenvalue weighted by molar-refractivity contribution is 0.504. The van der Waals surface area contributed by atoms with Crippen molar-refractivity contribution in [1.82, 2.24) is 4.72 Å². The predicted molar refractivity (Wildman–Crippen MR) is 56.4 cm³/mol. The van der Waals surface area contributed by atoms with E-state index < -0.39 is 21.7 Å². The van der Waals surface area contributed by atoms with Crippen molar-refractivity contribution in [2.75, 3.05) is 6.54 Å². The quantitative estimate of drug-likeness (QED) is 0.637. The van der Waals surface area contributed by atoms with E-state index in [1.807, 2.05) is 0 Å². The molecule has 0 aliphatic carbocycles. The molecule has 16 heavy (non-hydrogen) atoms. The molecule has 0 unspecified atom stereocenters. The van der Waals surface area contributed by atoms with Crippen LogP contribution in [0.2, 0.25) is 0 Å². The second kappa shape index (κ2) is 5.18. The van der Waals surface area contributed by atoms with Crippen molar-refractivity contribution in [3.63, 3.8) is 0 Å². The van der Waals surface area contributed by atoms with Crippen molar-refractivity contribution in [2.24, 2.45) is 0 Å². The lowest BCUT2D eigenvalue weighted by Crippen LogP contribution is -2.24. The van der Waals surface area contributed by atoms with Crippen LogP contribution in [0.25, 0.3) is 0 Å². The molecule has 0 aliphatic rings. The molecule has 0 radical (unpaired) electrons.